The number of nitrogens with one attached hydrogen (secondary N) is 1. The van der Waals surface area contributed by atoms with Crippen LogP contribution in [0.25, 0.3) is 0 Å². The quantitative estimate of drug-likeness (QED) is 0.437. The first kappa shape index (κ1) is 27.6. The molecule has 2 rings (SSSR count). The highest BCUT2D eigenvalue weighted by Gasteiger charge is 2.32. The number of unbranched alkanes of at least 4 members (excludes halogenated alkanes) is 1. The standard InChI is InChI=1S/C24H31ClFN3O4S/c1-4-6-15-27-24(31)21(5-2)28(16-18-11-13-19(26)14-12-18)23(30)17-29(34(3,32)33)22-10-8-7-9-20(22)25/h7-14,21H,4-6,15-17H2,1-3H3,(H,27,31)/t21-/m0/s1. The van der Waals surface area contributed by atoms with Crippen molar-refractivity contribution in [2.24, 2.45) is 0 Å². The molecule has 0 unspecified atom stereocenters. The zero-order valence-corrected chi connectivity index (χ0v) is 21.2. The van der Waals surface area contributed by atoms with Gasteiger partial charge in [-0.15, -0.1) is 0 Å². The van der Waals surface area contributed by atoms with Crippen LogP contribution in [-0.2, 0) is 26.2 Å². The molecule has 0 saturated carbocycles. The van der Waals surface area contributed by atoms with Crippen LogP contribution in [0.5, 0.6) is 0 Å². The Hall–Kier alpha value is -2.65. The number of rotatable bonds is 12. The van der Waals surface area contributed by atoms with Crippen molar-refractivity contribution in [2.45, 2.75) is 45.7 Å². The molecule has 0 aliphatic rings. The minimum absolute atomic E-state index is 0.0128. The lowest BCUT2D eigenvalue weighted by Gasteiger charge is -2.33. The summed E-state index contributed by atoms with van der Waals surface area (Å²) in [5, 5.41) is 3.02. The van der Waals surface area contributed by atoms with Gasteiger partial charge in [-0.3, -0.25) is 13.9 Å². The van der Waals surface area contributed by atoms with E-state index in [0.29, 0.717) is 18.5 Å². The Morgan fingerprint density at radius 2 is 1.74 bits per heavy atom. The average Bonchev–Trinajstić information content (AvgIpc) is 2.78. The number of carbonyl (C=O) groups is 2. The van der Waals surface area contributed by atoms with Crippen LogP contribution in [0.3, 0.4) is 0 Å². The van der Waals surface area contributed by atoms with Crippen LogP contribution >= 0.6 is 11.6 Å². The first-order valence-electron chi connectivity index (χ1n) is 11.1. The first-order chi connectivity index (χ1) is 16.1. The molecule has 2 amide bonds. The van der Waals surface area contributed by atoms with Crippen LogP contribution in [0, 0.1) is 5.82 Å². The minimum atomic E-state index is -3.87. The molecule has 0 aliphatic heterocycles. The highest BCUT2D eigenvalue weighted by atomic mass is 35.5. The number of benzene rings is 2. The lowest BCUT2D eigenvalue weighted by Crippen LogP contribution is -2.52. The van der Waals surface area contributed by atoms with Crippen LogP contribution in [-0.4, -0.2) is 50.5 Å². The molecule has 1 N–H and O–H groups in total. The first-order valence-corrected chi connectivity index (χ1v) is 13.3. The Kier molecular flexibility index (Phi) is 10.3. The smallest absolute Gasteiger partial charge is 0.244 e. The van der Waals surface area contributed by atoms with Crippen LogP contribution in [0.4, 0.5) is 10.1 Å². The van der Waals surface area contributed by atoms with Gasteiger partial charge in [0.1, 0.15) is 18.4 Å². The molecule has 0 aromatic heterocycles. The van der Waals surface area contributed by atoms with E-state index in [1.165, 1.54) is 41.3 Å². The molecule has 186 valence electrons. The third kappa shape index (κ3) is 7.70. The van der Waals surface area contributed by atoms with Gasteiger partial charge in [-0.05, 0) is 42.7 Å². The summed E-state index contributed by atoms with van der Waals surface area (Å²) in [5.74, 6) is -1.32. The fourth-order valence-corrected chi connectivity index (χ4v) is 4.61. The molecule has 10 heteroatoms. The zero-order chi connectivity index (χ0) is 25.3. The number of halogens is 2. The molecule has 0 heterocycles. The molecule has 7 nitrogen and oxygen atoms in total. The molecule has 34 heavy (non-hydrogen) atoms. The molecule has 0 fully saturated rings. The van der Waals surface area contributed by atoms with Gasteiger partial charge in [0.05, 0.1) is 17.0 Å². The second kappa shape index (κ2) is 12.7. The molecule has 0 spiro atoms. The summed E-state index contributed by atoms with van der Waals surface area (Å²) in [6.45, 7) is 3.72. The van der Waals surface area contributed by atoms with Crippen LogP contribution in [0.2, 0.25) is 5.02 Å². The van der Waals surface area contributed by atoms with Crippen molar-refractivity contribution in [3.05, 3.63) is 64.9 Å². The van der Waals surface area contributed by atoms with Crippen molar-refractivity contribution in [3.63, 3.8) is 0 Å². The fourth-order valence-electron chi connectivity index (χ4n) is 3.46. The summed E-state index contributed by atoms with van der Waals surface area (Å²) in [6, 6.07) is 11.1. The lowest BCUT2D eigenvalue weighted by molar-refractivity contribution is -0.140. The van der Waals surface area contributed by atoms with Crippen molar-refractivity contribution >= 4 is 39.1 Å². The van der Waals surface area contributed by atoms with Gasteiger partial charge in [0.25, 0.3) is 0 Å². The number of sulfonamides is 1. The van der Waals surface area contributed by atoms with Crippen LogP contribution in [0.15, 0.2) is 48.5 Å². The normalized spacial score (nSPS) is 12.1. The second-order valence-electron chi connectivity index (χ2n) is 7.94. The van der Waals surface area contributed by atoms with Gasteiger partial charge in [-0.25, -0.2) is 12.8 Å². The van der Waals surface area contributed by atoms with Gasteiger partial charge in [0, 0.05) is 13.1 Å². The summed E-state index contributed by atoms with van der Waals surface area (Å²) in [5.41, 5.74) is 0.778. The number of hydrogen-bond acceptors (Lipinski definition) is 4. The van der Waals surface area contributed by atoms with Crippen LogP contribution < -0.4 is 9.62 Å². The number of amides is 2. The van der Waals surface area contributed by atoms with Gasteiger partial charge < -0.3 is 10.2 Å². The maximum atomic E-state index is 13.5. The van der Waals surface area contributed by atoms with Gasteiger partial charge in [0.2, 0.25) is 21.8 Å². The minimum Gasteiger partial charge on any atom is -0.354 e. The molecular formula is C24H31ClFN3O4S. The third-order valence-electron chi connectivity index (χ3n) is 5.28. The van der Waals surface area contributed by atoms with E-state index in [0.717, 1.165) is 23.4 Å². The zero-order valence-electron chi connectivity index (χ0n) is 19.6. The Bertz CT molecular complexity index is 1080. The topological polar surface area (TPSA) is 86.8 Å². The van der Waals surface area contributed by atoms with Gasteiger partial charge in [-0.1, -0.05) is 56.1 Å². The van der Waals surface area contributed by atoms with E-state index in [-0.39, 0.29) is 23.2 Å². The van der Waals surface area contributed by atoms with Crippen LogP contribution in [0.1, 0.15) is 38.7 Å². The molecule has 2 aromatic carbocycles. The summed E-state index contributed by atoms with van der Waals surface area (Å²) in [4.78, 5) is 27.8. The van der Waals surface area contributed by atoms with E-state index in [1.54, 1.807) is 19.1 Å². The number of hydrogen-bond donors (Lipinski definition) is 1. The van der Waals surface area contributed by atoms with E-state index < -0.39 is 34.3 Å². The largest absolute Gasteiger partial charge is 0.354 e. The molecular weight excluding hydrogens is 481 g/mol. The van der Waals surface area contributed by atoms with E-state index in [2.05, 4.69) is 5.32 Å². The molecule has 2 aromatic rings. The Morgan fingerprint density at radius 3 is 2.29 bits per heavy atom. The molecule has 1 atom stereocenters. The van der Waals surface area contributed by atoms with Crippen molar-refractivity contribution in [3.8, 4) is 0 Å². The predicted molar refractivity (Wildman–Crippen MR) is 133 cm³/mol. The number of nitrogens with zero attached hydrogens (tertiary/aromatic N) is 2. The summed E-state index contributed by atoms with van der Waals surface area (Å²) in [6.07, 6.45) is 3.00. The van der Waals surface area contributed by atoms with E-state index >= 15 is 0 Å². The summed E-state index contributed by atoms with van der Waals surface area (Å²) >= 11 is 6.21. The fraction of sp³-hybridized carbons (Fsp3) is 0.417. The van der Waals surface area contributed by atoms with Gasteiger partial charge in [0.15, 0.2) is 0 Å². The SMILES string of the molecule is CCCCNC(=O)[C@H](CC)N(Cc1ccc(F)cc1)C(=O)CN(c1ccccc1Cl)S(C)(=O)=O. The Morgan fingerprint density at radius 1 is 1.09 bits per heavy atom. The van der Waals surface area contributed by atoms with Gasteiger partial charge >= 0.3 is 0 Å². The van der Waals surface area contributed by atoms with Crippen molar-refractivity contribution in [2.75, 3.05) is 23.7 Å². The third-order valence-corrected chi connectivity index (χ3v) is 6.73. The maximum absolute atomic E-state index is 13.5. The maximum Gasteiger partial charge on any atom is 0.244 e. The van der Waals surface area contributed by atoms with E-state index in [9.17, 15) is 22.4 Å². The Balaban J connectivity index is 2.40. The summed E-state index contributed by atoms with van der Waals surface area (Å²) < 4.78 is 39.5. The predicted octanol–water partition coefficient (Wildman–Crippen LogP) is 3.97. The molecule has 0 saturated heterocycles. The highest BCUT2D eigenvalue weighted by Crippen LogP contribution is 2.27. The monoisotopic (exact) mass is 511 g/mol. The van der Waals surface area contributed by atoms with E-state index in [1.807, 2.05) is 6.92 Å². The lowest BCUT2D eigenvalue weighted by atomic mass is 10.1. The molecule has 0 radical (unpaired) electrons. The number of carbonyl (C=O) groups excluding carboxylic acids is 2. The highest BCUT2D eigenvalue weighted by molar-refractivity contribution is 7.92. The summed E-state index contributed by atoms with van der Waals surface area (Å²) in [7, 11) is -3.87. The number of para-hydroxylation sites is 1. The average molecular weight is 512 g/mol. The molecule has 0 aliphatic carbocycles. The van der Waals surface area contributed by atoms with Crippen molar-refractivity contribution in [1.82, 2.24) is 10.2 Å². The van der Waals surface area contributed by atoms with Gasteiger partial charge in [-0.2, -0.15) is 0 Å². The number of anilines is 1. The van der Waals surface area contributed by atoms with Crippen molar-refractivity contribution in [1.29, 1.82) is 0 Å². The van der Waals surface area contributed by atoms with E-state index in [4.69, 9.17) is 11.6 Å². The van der Waals surface area contributed by atoms with Crippen molar-refractivity contribution < 1.29 is 22.4 Å². The second-order valence-corrected chi connectivity index (χ2v) is 10.3. The Labute approximate surface area is 205 Å². The molecule has 0 bridgehead atoms.